The molecule has 0 bridgehead atoms. The van der Waals surface area contributed by atoms with Crippen LogP contribution in [0.2, 0.25) is 0 Å². The summed E-state index contributed by atoms with van der Waals surface area (Å²) in [7, 11) is 0. The smallest absolute Gasteiger partial charge is 0.226 e. The van der Waals surface area contributed by atoms with Crippen molar-refractivity contribution in [3.05, 3.63) is 11.7 Å². The maximum Gasteiger partial charge on any atom is 0.226 e. The largest absolute Gasteiger partial charge is 0.339 e. The summed E-state index contributed by atoms with van der Waals surface area (Å²) in [6.45, 7) is 3.01. The molecule has 1 unspecified atom stereocenters. The Kier molecular flexibility index (Phi) is 7.58. The minimum atomic E-state index is 0.697. The van der Waals surface area contributed by atoms with Gasteiger partial charge in [0.25, 0.3) is 0 Å². The Morgan fingerprint density at radius 3 is 2.81 bits per heavy atom. The molecule has 0 radical (unpaired) electrons. The van der Waals surface area contributed by atoms with Gasteiger partial charge in [0.15, 0.2) is 5.82 Å². The minimum absolute atomic E-state index is 0.697. The summed E-state index contributed by atoms with van der Waals surface area (Å²) in [6, 6.07) is 0. The molecule has 1 aromatic heterocycles. The lowest BCUT2D eigenvalue weighted by Crippen LogP contribution is -2.09. The molecule has 5 heteroatoms. The fourth-order valence-electron chi connectivity index (χ4n) is 3.10. The third-order valence-corrected chi connectivity index (χ3v) is 5.67. The van der Waals surface area contributed by atoms with E-state index in [1.54, 1.807) is 0 Å². The minimum Gasteiger partial charge on any atom is -0.339 e. The average Bonchev–Trinajstić information content (AvgIpc) is 3.14. The van der Waals surface area contributed by atoms with Crippen LogP contribution >= 0.6 is 11.8 Å². The number of hydrogen-bond donors (Lipinski definition) is 1. The van der Waals surface area contributed by atoms with Gasteiger partial charge in [0, 0.05) is 11.7 Å². The van der Waals surface area contributed by atoms with Crippen LogP contribution in [-0.2, 0) is 12.2 Å². The molecule has 0 saturated heterocycles. The van der Waals surface area contributed by atoms with E-state index in [9.17, 15) is 0 Å². The Balaban J connectivity index is 1.71. The molecule has 0 aromatic carbocycles. The van der Waals surface area contributed by atoms with E-state index in [2.05, 4.69) is 17.1 Å². The van der Waals surface area contributed by atoms with Crippen LogP contribution in [0, 0.1) is 5.92 Å². The summed E-state index contributed by atoms with van der Waals surface area (Å²) in [5.41, 5.74) is 5.68. The Morgan fingerprint density at radius 1 is 1.29 bits per heavy atom. The quantitative estimate of drug-likeness (QED) is 0.709. The first-order chi connectivity index (χ1) is 10.3. The molecule has 1 heterocycles. The molecule has 1 fully saturated rings. The third-order valence-electron chi connectivity index (χ3n) is 4.30. The van der Waals surface area contributed by atoms with Crippen LogP contribution < -0.4 is 5.73 Å². The lowest BCUT2D eigenvalue weighted by atomic mass is 9.94. The molecule has 0 spiro atoms. The van der Waals surface area contributed by atoms with E-state index in [1.165, 1.54) is 38.5 Å². The van der Waals surface area contributed by atoms with Crippen LogP contribution in [-0.4, -0.2) is 21.9 Å². The van der Waals surface area contributed by atoms with Crippen molar-refractivity contribution in [2.45, 2.75) is 75.7 Å². The second kappa shape index (κ2) is 9.46. The van der Waals surface area contributed by atoms with Gasteiger partial charge in [-0.2, -0.15) is 16.7 Å². The number of hydrogen-bond acceptors (Lipinski definition) is 5. The standard InChI is InChI=1S/C16H29N3OS/c1-2-5-13(10-11-17)8-9-16-18-15(19-20-16)12-21-14-6-3-4-7-14/h13-14H,2-12,17H2,1H3. The van der Waals surface area contributed by atoms with Crippen LogP contribution in [0.4, 0.5) is 0 Å². The molecule has 1 atom stereocenters. The number of nitrogens with two attached hydrogens (primary N) is 1. The highest BCUT2D eigenvalue weighted by molar-refractivity contribution is 7.99. The second-order valence-corrected chi connectivity index (χ2v) is 7.38. The van der Waals surface area contributed by atoms with E-state index >= 15 is 0 Å². The molecule has 2 rings (SSSR count). The Hall–Kier alpha value is -0.550. The summed E-state index contributed by atoms with van der Waals surface area (Å²) < 4.78 is 5.38. The van der Waals surface area contributed by atoms with Crippen molar-refractivity contribution in [3.8, 4) is 0 Å². The summed E-state index contributed by atoms with van der Waals surface area (Å²) in [6.07, 6.45) is 11.1. The normalized spacial score (nSPS) is 17.4. The molecule has 0 aliphatic heterocycles. The van der Waals surface area contributed by atoms with E-state index in [1.807, 2.05) is 11.8 Å². The molecule has 2 N–H and O–H groups in total. The molecule has 1 saturated carbocycles. The van der Waals surface area contributed by atoms with Crippen LogP contribution in [0.5, 0.6) is 0 Å². The molecule has 1 aliphatic carbocycles. The molecule has 4 nitrogen and oxygen atoms in total. The first-order valence-electron chi connectivity index (χ1n) is 8.45. The fourth-order valence-corrected chi connectivity index (χ4v) is 4.27. The molecule has 1 aliphatic rings. The predicted molar refractivity (Wildman–Crippen MR) is 88.2 cm³/mol. The van der Waals surface area contributed by atoms with Crippen molar-refractivity contribution < 1.29 is 4.52 Å². The zero-order valence-corrected chi connectivity index (χ0v) is 14.0. The topological polar surface area (TPSA) is 64.9 Å². The van der Waals surface area contributed by atoms with Crippen molar-refractivity contribution >= 4 is 11.8 Å². The van der Waals surface area contributed by atoms with Gasteiger partial charge in [0.2, 0.25) is 5.89 Å². The molecular weight excluding hydrogens is 282 g/mol. The number of nitrogens with zero attached hydrogens (tertiary/aromatic N) is 2. The van der Waals surface area contributed by atoms with Crippen molar-refractivity contribution in [1.29, 1.82) is 0 Å². The average molecular weight is 311 g/mol. The number of aromatic nitrogens is 2. The molecular formula is C16H29N3OS. The molecule has 21 heavy (non-hydrogen) atoms. The second-order valence-electron chi connectivity index (χ2n) is 6.09. The lowest BCUT2D eigenvalue weighted by Gasteiger charge is -2.13. The van der Waals surface area contributed by atoms with Gasteiger partial charge >= 0.3 is 0 Å². The third kappa shape index (κ3) is 5.99. The van der Waals surface area contributed by atoms with E-state index < -0.39 is 0 Å². The summed E-state index contributed by atoms with van der Waals surface area (Å²) >= 11 is 1.99. The van der Waals surface area contributed by atoms with E-state index in [-0.39, 0.29) is 0 Å². The Bertz CT molecular complexity index is 385. The van der Waals surface area contributed by atoms with Gasteiger partial charge in [0.05, 0.1) is 5.75 Å². The predicted octanol–water partition coefficient (Wildman–Crippen LogP) is 3.94. The SMILES string of the molecule is CCCC(CCN)CCc1nc(CSC2CCCC2)no1. The zero-order valence-electron chi connectivity index (χ0n) is 13.2. The van der Waals surface area contributed by atoms with Crippen LogP contribution in [0.25, 0.3) is 0 Å². The highest BCUT2D eigenvalue weighted by atomic mass is 32.2. The monoisotopic (exact) mass is 311 g/mol. The van der Waals surface area contributed by atoms with Gasteiger partial charge < -0.3 is 10.3 Å². The van der Waals surface area contributed by atoms with Crippen LogP contribution in [0.15, 0.2) is 4.52 Å². The van der Waals surface area contributed by atoms with E-state index in [0.29, 0.717) is 5.92 Å². The Morgan fingerprint density at radius 2 is 2.10 bits per heavy atom. The Labute approximate surface area is 132 Å². The van der Waals surface area contributed by atoms with Crippen LogP contribution in [0.3, 0.4) is 0 Å². The summed E-state index contributed by atoms with van der Waals surface area (Å²) in [5.74, 6) is 3.26. The number of thioether (sulfide) groups is 1. The van der Waals surface area contributed by atoms with Crippen molar-refractivity contribution in [2.24, 2.45) is 11.7 Å². The van der Waals surface area contributed by atoms with Crippen LogP contribution in [0.1, 0.15) is 70.0 Å². The molecule has 120 valence electrons. The van der Waals surface area contributed by atoms with E-state index in [4.69, 9.17) is 10.3 Å². The number of aryl methyl sites for hydroxylation is 1. The summed E-state index contributed by atoms with van der Waals surface area (Å²) in [4.78, 5) is 4.53. The van der Waals surface area contributed by atoms with Crippen molar-refractivity contribution in [3.63, 3.8) is 0 Å². The first-order valence-corrected chi connectivity index (χ1v) is 9.49. The number of rotatable bonds is 10. The van der Waals surface area contributed by atoms with Gasteiger partial charge in [0.1, 0.15) is 0 Å². The van der Waals surface area contributed by atoms with Crippen molar-refractivity contribution in [1.82, 2.24) is 10.1 Å². The fraction of sp³-hybridized carbons (Fsp3) is 0.875. The van der Waals surface area contributed by atoms with Gasteiger partial charge in [-0.1, -0.05) is 37.8 Å². The summed E-state index contributed by atoms with van der Waals surface area (Å²) in [5, 5.41) is 4.93. The maximum atomic E-state index is 5.68. The van der Waals surface area contributed by atoms with Crippen molar-refractivity contribution in [2.75, 3.05) is 6.54 Å². The highest BCUT2D eigenvalue weighted by Crippen LogP contribution is 2.31. The van der Waals surface area contributed by atoms with Gasteiger partial charge in [-0.3, -0.25) is 0 Å². The van der Waals surface area contributed by atoms with E-state index in [0.717, 1.165) is 48.5 Å². The first kappa shape index (κ1) is 16.8. The van der Waals surface area contributed by atoms with Gasteiger partial charge in [-0.05, 0) is 38.1 Å². The van der Waals surface area contributed by atoms with Gasteiger partial charge in [-0.25, -0.2) is 0 Å². The molecule has 0 amide bonds. The molecule has 1 aromatic rings. The zero-order chi connectivity index (χ0) is 14.9. The lowest BCUT2D eigenvalue weighted by molar-refractivity contribution is 0.347. The highest BCUT2D eigenvalue weighted by Gasteiger charge is 2.17. The van der Waals surface area contributed by atoms with Gasteiger partial charge in [-0.15, -0.1) is 0 Å². The maximum absolute atomic E-state index is 5.68.